The Bertz CT molecular complexity index is 1040. The molecule has 0 radical (unpaired) electrons. The van der Waals surface area contributed by atoms with Crippen LogP contribution in [-0.4, -0.2) is 37.2 Å². The van der Waals surface area contributed by atoms with E-state index in [0.717, 1.165) is 51.4 Å². The van der Waals surface area contributed by atoms with Crippen molar-refractivity contribution in [3.63, 3.8) is 0 Å². The first-order valence-corrected chi connectivity index (χ1v) is 23.4. The third-order valence-electron chi connectivity index (χ3n) is 9.91. The molecule has 1 atom stereocenters. The second-order valence-corrected chi connectivity index (χ2v) is 15.4. The maximum Gasteiger partial charge on any atom is 0.306 e. The van der Waals surface area contributed by atoms with Crippen LogP contribution in [0.5, 0.6) is 0 Å². The molecule has 0 saturated heterocycles. The molecular formula is C50H86O6. The van der Waals surface area contributed by atoms with Crippen LogP contribution in [0, 0.1) is 0 Å². The average Bonchev–Trinajstić information content (AvgIpc) is 3.19. The standard InChI is InChI=1S/C50H86O6/c1-4-7-10-13-16-19-22-25-28-31-34-37-40-43-49(52)55-46-47(45-54-48(51)42-39-36-33-30-27-24-21-18-15-12-9-6-3)56-50(53)44-41-38-35-32-29-26-23-20-17-14-11-8-5-2/h7,10,13,16,19,22,25,28,31,34,47H,4-6,8-9,11-12,14-15,17-18,20-21,23-24,26-27,29-30,32-33,35-46H2,1-3H3/b10-7-,16-13-,22-19-,28-25-,34-31-. The Labute approximate surface area is 345 Å². The first-order valence-electron chi connectivity index (χ1n) is 23.4. The van der Waals surface area contributed by atoms with E-state index in [1.165, 1.54) is 122 Å². The van der Waals surface area contributed by atoms with Gasteiger partial charge in [-0.2, -0.15) is 0 Å². The van der Waals surface area contributed by atoms with Crippen LogP contribution in [0.4, 0.5) is 0 Å². The summed E-state index contributed by atoms with van der Waals surface area (Å²) >= 11 is 0. The number of allylic oxidation sites excluding steroid dienone is 10. The van der Waals surface area contributed by atoms with Gasteiger partial charge in [-0.15, -0.1) is 0 Å². The molecule has 0 amide bonds. The summed E-state index contributed by atoms with van der Waals surface area (Å²) < 4.78 is 16.7. The highest BCUT2D eigenvalue weighted by Gasteiger charge is 2.19. The SMILES string of the molecule is CC\C=C/C=C\C=C/C=C\C=C/CCCC(=O)OCC(COC(=O)CCCCCCCCCCCCCC)OC(=O)CCCCCCCCCCCCCCC. The fourth-order valence-electron chi connectivity index (χ4n) is 6.41. The Hall–Kier alpha value is -2.89. The lowest BCUT2D eigenvalue weighted by atomic mass is 10.0. The minimum atomic E-state index is -0.796. The molecule has 0 heterocycles. The number of ether oxygens (including phenoxy) is 3. The Balaban J connectivity index is 4.47. The number of esters is 3. The van der Waals surface area contributed by atoms with E-state index in [0.29, 0.717) is 19.3 Å². The molecule has 0 aliphatic rings. The molecular weight excluding hydrogens is 697 g/mol. The summed E-state index contributed by atoms with van der Waals surface area (Å²) in [4.78, 5) is 37.7. The molecule has 0 aromatic heterocycles. The predicted molar refractivity (Wildman–Crippen MR) is 238 cm³/mol. The molecule has 0 spiro atoms. The number of hydrogen-bond acceptors (Lipinski definition) is 6. The van der Waals surface area contributed by atoms with Crippen LogP contribution in [0.2, 0.25) is 0 Å². The van der Waals surface area contributed by atoms with Gasteiger partial charge in [0.1, 0.15) is 13.2 Å². The van der Waals surface area contributed by atoms with Crippen LogP contribution >= 0.6 is 0 Å². The van der Waals surface area contributed by atoms with Gasteiger partial charge in [0.15, 0.2) is 6.10 Å². The summed E-state index contributed by atoms with van der Waals surface area (Å²) in [5.74, 6) is -0.970. The molecule has 0 bridgehead atoms. The Morgan fingerprint density at radius 3 is 1.09 bits per heavy atom. The summed E-state index contributed by atoms with van der Waals surface area (Å²) in [5, 5.41) is 0. The lowest BCUT2D eigenvalue weighted by Crippen LogP contribution is -2.30. The van der Waals surface area contributed by atoms with Gasteiger partial charge in [0.05, 0.1) is 0 Å². The van der Waals surface area contributed by atoms with Crippen LogP contribution in [0.1, 0.15) is 220 Å². The Kier molecular flexibility index (Phi) is 42.5. The van der Waals surface area contributed by atoms with E-state index in [4.69, 9.17) is 14.2 Å². The Morgan fingerprint density at radius 2 is 0.696 bits per heavy atom. The third kappa shape index (κ3) is 42.3. The van der Waals surface area contributed by atoms with Crippen LogP contribution in [-0.2, 0) is 28.6 Å². The van der Waals surface area contributed by atoms with Gasteiger partial charge in [-0.25, -0.2) is 0 Å². The molecule has 0 aromatic carbocycles. The highest BCUT2D eigenvalue weighted by molar-refractivity contribution is 5.71. The van der Waals surface area contributed by atoms with Crippen LogP contribution < -0.4 is 0 Å². The van der Waals surface area contributed by atoms with Gasteiger partial charge in [0.25, 0.3) is 0 Å². The van der Waals surface area contributed by atoms with Crippen LogP contribution in [0.25, 0.3) is 0 Å². The van der Waals surface area contributed by atoms with Crippen molar-refractivity contribution >= 4 is 17.9 Å². The molecule has 0 rings (SSSR count). The first kappa shape index (κ1) is 53.1. The third-order valence-corrected chi connectivity index (χ3v) is 9.91. The highest BCUT2D eigenvalue weighted by Crippen LogP contribution is 2.15. The van der Waals surface area contributed by atoms with Crippen LogP contribution in [0.15, 0.2) is 60.8 Å². The van der Waals surface area contributed by atoms with Gasteiger partial charge in [-0.3, -0.25) is 14.4 Å². The second kappa shape index (κ2) is 44.8. The smallest absolute Gasteiger partial charge is 0.306 e. The normalized spacial score (nSPS) is 12.6. The van der Waals surface area contributed by atoms with Crippen molar-refractivity contribution in [3.05, 3.63) is 60.8 Å². The van der Waals surface area contributed by atoms with E-state index >= 15 is 0 Å². The lowest BCUT2D eigenvalue weighted by molar-refractivity contribution is -0.167. The van der Waals surface area contributed by atoms with Gasteiger partial charge in [-0.1, -0.05) is 229 Å². The maximum atomic E-state index is 12.7. The molecule has 0 aliphatic carbocycles. The molecule has 0 aliphatic heterocycles. The minimum absolute atomic E-state index is 0.0938. The summed E-state index contributed by atoms with van der Waals surface area (Å²) in [6.45, 7) is 6.42. The number of carbonyl (C=O) groups excluding carboxylic acids is 3. The molecule has 0 aromatic rings. The molecule has 0 N–H and O–H groups in total. The van der Waals surface area contributed by atoms with E-state index in [9.17, 15) is 14.4 Å². The summed E-state index contributed by atoms with van der Waals surface area (Å²) in [5.41, 5.74) is 0. The average molecular weight is 783 g/mol. The van der Waals surface area contributed by atoms with Crippen molar-refractivity contribution in [3.8, 4) is 0 Å². The topological polar surface area (TPSA) is 78.9 Å². The maximum absolute atomic E-state index is 12.7. The summed E-state index contributed by atoms with van der Waals surface area (Å²) in [6.07, 6.45) is 53.5. The van der Waals surface area contributed by atoms with Crippen molar-refractivity contribution < 1.29 is 28.6 Å². The highest BCUT2D eigenvalue weighted by atomic mass is 16.6. The largest absolute Gasteiger partial charge is 0.462 e. The van der Waals surface area contributed by atoms with E-state index in [-0.39, 0.29) is 37.5 Å². The van der Waals surface area contributed by atoms with Gasteiger partial charge in [0, 0.05) is 19.3 Å². The Morgan fingerprint density at radius 1 is 0.375 bits per heavy atom. The molecule has 1 unspecified atom stereocenters. The van der Waals surface area contributed by atoms with E-state index in [2.05, 4.69) is 26.8 Å². The van der Waals surface area contributed by atoms with E-state index in [1.807, 2.05) is 54.7 Å². The number of hydrogen-bond donors (Lipinski definition) is 0. The molecule has 0 fully saturated rings. The van der Waals surface area contributed by atoms with E-state index in [1.54, 1.807) is 0 Å². The zero-order valence-electron chi connectivity index (χ0n) is 36.6. The van der Waals surface area contributed by atoms with Gasteiger partial charge >= 0.3 is 17.9 Å². The van der Waals surface area contributed by atoms with Crippen molar-refractivity contribution in [2.24, 2.45) is 0 Å². The fourth-order valence-corrected chi connectivity index (χ4v) is 6.41. The van der Waals surface area contributed by atoms with Crippen LogP contribution in [0.3, 0.4) is 0 Å². The number of unbranched alkanes of at least 4 members (excludes halogenated alkanes) is 24. The summed E-state index contributed by atoms with van der Waals surface area (Å²) in [6, 6.07) is 0. The molecule has 56 heavy (non-hydrogen) atoms. The predicted octanol–water partition coefficient (Wildman–Crippen LogP) is 14.9. The number of carbonyl (C=O) groups is 3. The fraction of sp³-hybridized carbons (Fsp3) is 0.740. The monoisotopic (exact) mass is 783 g/mol. The number of rotatable bonds is 41. The summed E-state index contributed by atoms with van der Waals surface area (Å²) in [7, 11) is 0. The van der Waals surface area contributed by atoms with Crippen molar-refractivity contribution in [2.75, 3.05) is 13.2 Å². The quantitative estimate of drug-likeness (QED) is 0.0266. The van der Waals surface area contributed by atoms with Crippen molar-refractivity contribution in [1.82, 2.24) is 0 Å². The molecule has 0 saturated carbocycles. The zero-order valence-corrected chi connectivity index (χ0v) is 36.6. The zero-order chi connectivity index (χ0) is 40.8. The molecule has 6 heteroatoms. The molecule has 322 valence electrons. The van der Waals surface area contributed by atoms with E-state index < -0.39 is 6.10 Å². The second-order valence-electron chi connectivity index (χ2n) is 15.4. The first-order chi connectivity index (χ1) is 27.5. The van der Waals surface area contributed by atoms with Gasteiger partial charge in [0.2, 0.25) is 0 Å². The van der Waals surface area contributed by atoms with Crippen molar-refractivity contribution in [1.29, 1.82) is 0 Å². The van der Waals surface area contributed by atoms with Crippen molar-refractivity contribution in [2.45, 2.75) is 226 Å². The van der Waals surface area contributed by atoms with Gasteiger partial charge in [-0.05, 0) is 32.1 Å². The lowest BCUT2D eigenvalue weighted by Gasteiger charge is -2.18. The molecule has 6 nitrogen and oxygen atoms in total. The minimum Gasteiger partial charge on any atom is -0.462 e. The van der Waals surface area contributed by atoms with Gasteiger partial charge < -0.3 is 14.2 Å².